The lowest BCUT2D eigenvalue weighted by molar-refractivity contribution is -0.870. The van der Waals surface area contributed by atoms with Crippen molar-refractivity contribution >= 4 is 19.8 Å². The standard InChI is InChI=1S/C55H106NO8P/c1-6-8-10-12-14-16-18-20-22-24-26-28-30-32-34-36-38-40-42-44-46-48-55(58)64-53(52-63-65(59,60)62-50-49-56(3,4)5)51-61-54(57)47-45-43-41-39-37-35-33-31-29-27-25-23-21-19-17-15-13-11-9-7-2/h18,20,24,26,53H,6-17,19,21-23,25,27-52H2,1-5H3/p+1/b20-18-,26-24-. The van der Waals surface area contributed by atoms with Crippen LogP contribution in [0, 0.1) is 0 Å². The molecule has 0 bridgehead atoms. The van der Waals surface area contributed by atoms with E-state index in [0.717, 1.165) is 44.9 Å². The molecule has 0 spiro atoms. The summed E-state index contributed by atoms with van der Waals surface area (Å²) in [6, 6.07) is 0. The first-order valence-electron chi connectivity index (χ1n) is 27.6. The van der Waals surface area contributed by atoms with E-state index >= 15 is 0 Å². The fourth-order valence-electron chi connectivity index (χ4n) is 7.93. The maximum Gasteiger partial charge on any atom is 0.472 e. The second-order valence-corrected chi connectivity index (χ2v) is 21.4. The number of phosphoric acid groups is 1. The molecule has 65 heavy (non-hydrogen) atoms. The molecule has 0 radical (unpaired) electrons. The van der Waals surface area contributed by atoms with Crippen LogP contribution in [0.5, 0.6) is 0 Å². The van der Waals surface area contributed by atoms with Gasteiger partial charge in [0.15, 0.2) is 6.10 Å². The van der Waals surface area contributed by atoms with Crippen molar-refractivity contribution in [2.75, 3.05) is 47.5 Å². The number of hydrogen-bond donors (Lipinski definition) is 1. The van der Waals surface area contributed by atoms with Gasteiger partial charge in [0, 0.05) is 12.8 Å². The summed E-state index contributed by atoms with van der Waals surface area (Å²) in [6.07, 6.45) is 55.2. The van der Waals surface area contributed by atoms with Gasteiger partial charge < -0.3 is 18.9 Å². The van der Waals surface area contributed by atoms with Crippen LogP contribution >= 0.6 is 7.82 Å². The van der Waals surface area contributed by atoms with Crippen molar-refractivity contribution in [2.24, 2.45) is 0 Å². The number of hydrogen-bond acceptors (Lipinski definition) is 7. The average Bonchev–Trinajstić information content (AvgIpc) is 3.26. The Morgan fingerprint density at radius 3 is 1.22 bits per heavy atom. The van der Waals surface area contributed by atoms with Crippen LogP contribution in [0.15, 0.2) is 24.3 Å². The maximum atomic E-state index is 12.8. The number of esters is 2. The summed E-state index contributed by atoms with van der Waals surface area (Å²) >= 11 is 0. The second kappa shape index (κ2) is 47.6. The van der Waals surface area contributed by atoms with Gasteiger partial charge in [0.25, 0.3) is 0 Å². The molecule has 0 saturated carbocycles. The van der Waals surface area contributed by atoms with Crippen LogP contribution in [-0.4, -0.2) is 74.9 Å². The van der Waals surface area contributed by atoms with E-state index in [1.165, 1.54) is 186 Å². The first-order chi connectivity index (χ1) is 31.5. The summed E-state index contributed by atoms with van der Waals surface area (Å²) in [6.45, 7) is 4.46. The number of allylic oxidation sites excluding steroid dienone is 4. The summed E-state index contributed by atoms with van der Waals surface area (Å²) in [7, 11) is 1.49. The van der Waals surface area contributed by atoms with E-state index in [4.69, 9.17) is 18.5 Å². The Morgan fingerprint density at radius 2 is 0.831 bits per heavy atom. The van der Waals surface area contributed by atoms with Crippen LogP contribution in [0.25, 0.3) is 0 Å². The lowest BCUT2D eigenvalue weighted by Gasteiger charge is -2.24. The Hall–Kier alpha value is -1.51. The van der Waals surface area contributed by atoms with E-state index in [-0.39, 0.29) is 25.6 Å². The van der Waals surface area contributed by atoms with Crippen molar-refractivity contribution in [3.8, 4) is 0 Å². The van der Waals surface area contributed by atoms with E-state index in [1.807, 2.05) is 21.1 Å². The smallest absolute Gasteiger partial charge is 0.462 e. The quantitative estimate of drug-likeness (QED) is 0.0211. The molecule has 0 amide bonds. The zero-order chi connectivity index (χ0) is 47.8. The minimum Gasteiger partial charge on any atom is -0.462 e. The Balaban J connectivity index is 4.19. The zero-order valence-electron chi connectivity index (χ0n) is 43.5. The van der Waals surface area contributed by atoms with Gasteiger partial charge in [-0.15, -0.1) is 0 Å². The number of carbonyl (C=O) groups is 2. The Morgan fingerprint density at radius 1 is 0.477 bits per heavy atom. The number of phosphoric ester groups is 1. The third-order valence-electron chi connectivity index (χ3n) is 12.2. The summed E-state index contributed by atoms with van der Waals surface area (Å²) in [5.41, 5.74) is 0. The first kappa shape index (κ1) is 63.5. The van der Waals surface area contributed by atoms with Gasteiger partial charge in [-0.3, -0.25) is 18.6 Å². The van der Waals surface area contributed by atoms with Crippen LogP contribution < -0.4 is 0 Å². The number of nitrogens with zero attached hydrogens (tertiary/aromatic N) is 1. The predicted octanol–water partition coefficient (Wildman–Crippen LogP) is 16.6. The molecule has 0 heterocycles. The van der Waals surface area contributed by atoms with Crippen LogP contribution in [0.4, 0.5) is 0 Å². The van der Waals surface area contributed by atoms with E-state index in [0.29, 0.717) is 23.9 Å². The zero-order valence-corrected chi connectivity index (χ0v) is 44.4. The van der Waals surface area contributed by atoms with Gasteiger partial charge in [0.1, 0.15) is 19.8 Å². The van der Waals surface area contributed by atoms with Crippen molar-refractivity contribution in [2.45, 2.75) is 270 Å². The van der Waals surface area contributed by atoms with E-state index in [2.05, 4.69) is 38.2 Å². The van der Waals surface area contributed by atoms with E-state index in [1.54, 1.807) is 0 Å². The van der Waals surface area contributed by atoms with Crippen LogP contribution in [0.3, 0.4) is 0 Å². The molecule has 1 N–H and O–H groups in total. The molecule has 0 rings (SSSR count). The van der Waals surface area contributed by atoms with Crippen molar-refractivity contribution in [1.29, 1.82) is 0 Å². The molecule has 384 valence electrons. The highest BCUT2D eigenvalue weighted by molar-refractivity contribution is 7.47. The van der Waals surface area contributed by atoms with Gasteiger partial charge in [-0.1, -0.05) is 231 Å². The number of unbranched alkanes of at least 4 members (excludes halogenated alkanes) is 33. The maximum absolute atomic E-state index is 12.8. The third kappa shape index (κ3) is 51.7. The topological polar surface area (TPSA) is 108 Å². The van der Waals surface area contributed by atoms with Gasteiger partial charge >= 0.3 is 19.8 Å². The van der Waals surface area contributed by atoms with Crippen LogP contribution in [-0.2, 0) is 32.7 Å². The van der Waals surface area contributed by atoms with Gasteiger partial charge in [0.05, 0.1) is 27.7 Å². The summed E-state index contributed by atoms with van der Waals surface area (Å²) in [5, 5.41) is 0. The van der Waals surface area contributed by atoms with Crippen molar-refractivity contribution in [3.63, 3.8) is 0 Å². The fourth-order valence-corrected chi connectivity index (χ4v) is 8.67. The predicted molar refractivity (Wildman–Crippen MR) is 275 cm³/mol. The Kier molecular flexibility index (Phi) is 46.4. The highest BCUT2D eigenvalue weighted by Gasteiger charge is 2.27. The molecular formula is C55H107NO8P+. The van der Waals surface area contributed by atoms with Gasteiger partial charge in [-0.05, 0) is 44.9 Å². The van der Waals surface area contributed by atoms with Crippen molar-refractivity contribution in [3.05, 3.63) is 24.3 Å². The number of likely N-dealkylation sites (N-methyl/N-ethyl adjacent to an activating group) is 1. The third-order valence-corrected chi connectivity index (χ3v) is 13.2. The molecule has 0 aromatic carbocycles. The molecular weight excluding hydrogens is 834 g/mol. The van der Waals surface area contributed by atoms with E-state index < -0.39 is 26.5 Å². The van der Waals surface area contributed by atoms with Crippen molar-refractivity contribution in [1.82, 2.24) is 0 Å². The van der Waals surface area contributed by atoms with Gasteiger partial charge in [-0.2, -0.15) is 0 Å². The highest BCUT2D eigenvalue weighted by atomic mass is 31.2. The number of carbonyl (C=O) groups excluding carboxylic acids is 2. The molecule has 0 aliphatic carbocycles. The molecule has 0 aliphatic heterocycles. The van der Waals surface area contributed by atoms with Crippen LogP contribution in [0.1, 0.15) is 264 Å². The number of rotatable bonds is 51. The molecule has 9 nitrogen and oxygen atoms in total. The SMILES string of the molecule is CCCCCCC/C=C\C/C=C\CCCCCCCCCCCC(=O)OC(COC(=O)CCCCCCCCCCCCCCCCCCCCCC)COP(=O)(O)OCC[N+](C)(C)C. The summed E-state index contributed by atoms with van der Waals surface area (Å²) in [5.74, 6) is -0.788. The van der Waals surface area contributed by atoms with E-state index in [9.17, 15) is 19.0 Å². The fraction of sp³-hybridized carbons (Fsp3) is 0.891. The minimum absolute atomic E-state index is 0.0332. The number of quaternary nitrogens is 1. The lowest BCUT2D eigenvalue weighted by atomic mass is 10.0. The molecule has 0 fully saturated rings. The molecule has 0 saturated heterocycles. The summed E-state index contributed by atoms with van der Waals surface area (Å²) < 4.78 is 34.5. The first-order valence-corrected chi connectivity index (χ1v) is 29.1. The lowest BCUT2D eigenvalue weighted by Crippen LogP contribution is -2.37. The average molecular weight is 941 g/mol. The summed E-state index contributed by atoms with van der Waals surface area (Å²) in [4.78, 5) is 35.6. The van der Waals surface area contributed by atoms with Gasteiger partial charge in [0.2, 0.25) is 0 Å². The second-order valence-electron chi connectivity index (χ2n) is 20.0. The van der Waals surface area contributed by atoms with Gasteiger partial charge in [-0.25, -0.2) is 4.57 Å². The normalized spacial score (nSPS) is 13.5. The largest absolute Gasteiger partial charge is 0.472 e. The minimum atomic E-state index is -4.38. The molecule has 0 aromatic rings. The molecule has 2 unspecified atom stereocenters. The molecule has 2 atom stereocenters. The Bertz CT molecular complexity index is 1150. The highest BCUT2D eigenvalue weighted by Crippen LogP contribution is 2.43. The molecule has 0 aliphatic rings. The number of ether oxygens (including phenoxy) is 2. The monoisotopic (exact) mass is 941 g/mol. The molecule has 10 heteroatoms. The Labute approximate surface area is 402 Å². The van der Waals surface area contributed by atoms with Crippen molar-refractivity contribution < 1.29 is 42.1 Å². The molecule has 0 aromatic heterocycles. The van der Waals surface area contributed by atoms with Crippen LogP contribution in [0.2, 0.25) is 0 Å².